The number of halogens is 1. The summed E-state index contributed by atoms with van der Waals surface area (Å²) in [5.74, 6) is 0.330. The van der Waals surface area contributed by atoms with Gasteiger partial charge in [0, 0.05) is 23.6 Å². The molecule has 24 heavy (non-hydrogen) atoms. The average molecular weight is 394 g/mol. The molecule has 0 saturated carbocycles. The lowest BCUT2D eigenvalue weighted by Crippen LogP contribution is -2.32. The molecule has 0 bridgehead atoms. The number of para-hydroxylation sites is 2. The first-order valence-electron chi connectivity index (χ1n) is 7.18. The van der Waals surface area contributed by atoms with E-state index in [1.54, 1.807) is 30.3 Å². The maximum Gasteiger partial charge on any atom is 0.292 e. The van der Waals surface area contributed by atoms with Crippen LogP contribution in [-0.2, 0) is 4.79 Å². The molecule has 0 spiro atoms. The lowest BCUT2D eigenvalue weighted by atomic mass is 10.2. The van der Waals surface area contributed by atoms with Crippen LogP contribution in [0, 0.1) is 10.1 Å². The lowest BCUT2D eigenvalue weighted by Gasteiger charge is -2.09. The number of amides is 1. The zero-order valence-corrected chi connectivity index (χ0v) is 14.3. The van der Waals surface area contributed by atoms with Crippen molar-refractivity contribution in [1.82, 2.24) is 5.32 Å². The summed E-state index contributed by atoms with van der Waals surface area (Å²) in [6, 6.07) is 13.6. The Morgan fingerprint density at radius 3 is 2.71 bits per heavy atom. The Bertz CT molecular complexity index is 724. The third-order valence-electron chi connectivity index (χ3n) is 3.03. The van der Waals surface area contributed by atoms with Crippen LogP contribution in [0.4, 0.5) is 11.4 Å². The molecular formula is C16H16BrN3O4. The Balaban J connectivity index is 1.71. The summed E-state index contributed by atoms with van der Waals surface area (Å²) < 4.78 is 6.23. The highest BCUT2D eigenvalue weighted by Gasteiger charge is 2.11. The predicted octanol–water partition coefficient (Wildman–Crippen LogP) is 2.96. The molecule has 0 aliphatic carbocycles. The maximum atomic E-state index is 11.7. The summed E-state index contributed by atoms with van der Waals surface area (Å²) in [5, 5.41) is 16.5. The number of nitro groups is 1. The van der Waals surface area contributed by atoms with Crippen LogP contribution in [0.15, 0.2) is 53.0 Å². The Kier molecular flexibility index (Phi) is 6.56. The summed E-state index contributed by atoms with van der Waals surface area (Å²) in [7, 11) is 0. The minimum Gasteiger partial charge on any atom is -0.484 e. The first kappa shape index (κ1) is 17.7. The molecule has 0 heterocycles. The Labute approximate surface area is 147 Å². The van der Waals surface area contributed by atoms with Crippen LogP contribution in [0.5, 0.6) is 5.75 Å². The van der Waals surface area contributed by atoms with E-state index >= 15 is 0 Å². The molecule has 8 heteroatoms. The van der Waals surface area contributed by atoms with Crippen molar-refractivity contribution in [2.45, 2.75) is 0 Å². The number of ether oxygens (including phenoxy) is 1. The zero-order valence-electron chi connectivity index (χ0n) is 12.7. The Hall–Kier alpha value is -2.61. The Morgan fingerprint density at radius 2 is 1.96 bits per heavy atom. The van der Waals surface area contributed by atoms with Crippen LogP contribution in [0.2, 0.25) is 0 Å². The third-order valence-corrected chi connectivity index (χ3v) is 3.52. The fourth-order valence-electron chi connectivity index (χ4n) is 1.94. The van der Waals surface area contributed by atoms with Gasteiger partial charge < -0.3 is 15.4 Å². The number of carbonyl (C=O) groups is 1. The summed E-state index contributed by atoms with van der Waals surface area (Å²) >= 11 is 3.32. The van der Waals surface area contributed by atoms with E-state index in [0.29, 0.717) is 24.5 Å². The number of nitro benzene ring substituents is 1. The zero-order chi connectivity index (χ0) is 17.4. The van der Waals surface area contributed by atoms with E-state index in [2.05, 4.69) is 26.6 Å². The van der Waals surface area contributed by atoms with Crippen molar-refractivity contribution in [3.05, 3.63) is 63.1 Å². The monoisotopic (exact) mass is 393 g/mol. The van der Waals surface area contributed by atoms with E-state index in [0.717, 1.165) is 4.47 Å². The quantitative estimate of drug-likeness (QED) is 0.408. The molecular weight excluding hydrogens is 378 g/mol. The molecule has 0 aliphatic rings. The summed E-state index contributed by atoms with van der Waals surface area (Å²) in [6.07, 6.45) is 0. The van der Waals surface area contributed by atoms with Gasteiger partial charge in [-0.15, -0.1) is 0 Å². The molecule has 0 aliphatic heterocycles. The average Bonchev–Trinajstić information content (AvgIpc) is 2.57. The summed E-state index contributed by atoms with van der Waals surface area (Å²) in [4.78, 5) is 22.1. The highest BCUT2D eigenvalue weighted by molar-refractivity contribution is 9.10. The van der Waals surface area contributed by atoms with Crippen molar-refractivity contribution in [3.63, 3.8) is 0 Å². The molecule has 0 atom stereocenters. The minimum atomic E-state index is -0.452. The van der Waals surface area contributed by atoms with E-state index in [1.165, 1.54) is 6.07 Å². The van der Waals surface area contributed by atoms with Gasteiger partial charge in [-0.1, -0.05) is 34.1 Å². The second kappa shape index (κ2) is 8.88. The molecule has 2 aromatic carbocycles. The normalized spacial score (nSPS) is 10.0. The molecule has 2 N–H and O–H groups in total. The van der Waals surface area contributed by atoms with Gasteiger partial charge >= 0.3 is 0 Å². The third kappa shape index (κ3) is 5.54. The minimum absolute atomic E-state index is 0.00168. The molecule has 0 fully saturated rings. The van der Waals surface area contributed by atoms with Gasteiger partial charge in [0.15, 0.2) is 6.61 Å². The van der Waals surface area contributed by atoms with E-state index < -0.39 is 4.92 Å². The number of benzene rings is 2. The molecule has 1 amide bonds. The molecule has 126 valence electrons. The van der Waals surface area contributed by atoms with Crippen molar-refractivity contribution in [1.29, 1.82) is 0 Å². The van der Waals surface area contributed by atoms with Gasteiger partial charge in [-0.3, -0.25) is 14.9 Å². The van der Waals surface area contributed by atoms with Crippen LogP contribution in [0.1, 0.15) is 0 Å². The number of hydrogen-bond donors (Lipinski definition) is 2. The van der Waals surface area contributed by atoms with Gasteiger partial charge in [0.1, 0.15) is 11.4 Å². The van der Waals surface area contributed by atoms with Gasteiger partial charge in [0.2, 0.25) is 0 Å². The molecule has 2 aromatic rings. The van der Waals surface area contributed by atoms with E-state index in [9.17, 15) is 14.9 Å². The molecule has 0 aromatic heterocycles. The lowest BCUT2D eigenvalue weighted by molar-refractivity contribution is -0.384. The molecule has 0 unspecified atom stereocenters. The van der Waals surface area contributed by atoms with Gasteiger partial charge in [-0.05, 0) is 24.3 Å². The highest BCUT2D eigenvalue weighted by Crippen LogP contribution is 2.22. The number of rotatable bonds is 8. The van der Waals surface area contributed by atoms with Crippen molar-refractivity contribution < 1.29 is 14.5 Å². The second-order valence-electron chi connectivity index (χ2n) is 4.80. The van der Waals surface area contributed by atoms with E-state index in [-0.39, 0.29) is 18.2 Å². The Morgan fingerprint density at radius 1 is 1.17 bits per heavy atom. The molecule has 7 nitrogen and oxygen atoms in total. The topological polar surface area (TPSA) is 93.5 Å². The van der Waals surface area contributed by atoms with Crippen LogP contribution in [-0.4, -0.2) is 30.5 Å². The maximum absolute atomic E-state index is 11.7. The fourth-order valence-corrected chi connectivity index (χ4v) is 2.32. The highest BCUT2D eigenvalue weighted by atomic mass is 79.9. The number of anilines is 1. The first-order chi connectivity index (χ1) is 11.6. The van der Waals surface area contributed by atoms with Crippen LogP contribution >= 0.6 is 15.9 Å². The van der Waals surface area contributed by atoms with Crippen molar-refractivity contribution in [2.75, 3.05) is 25.0 Å². The molecule has 0 radical (unpaired) electrons. The standard InChI is InChI=1S/C16H16BrN3O4/c17-12-4-3-5-13(10-12)24-11-16(21)19-9-8-18-14-6-1-2-7-15(14)20(22)23/h1-7,10,18H,8-9,11H2,(H,19,21). The van der Waals surface area contributed by atoms with Crippen LogP contribution in [0.3, 0.4) is 0 Å². The largest absolute Gasteiger partial charge is 0.484 e. The molecule has 0 saturated heterocycles. The first-order valence-corrected chi connectivity index (χ1v) is 7.98. The van der Waals surface area contributed by atoms with Crippen molar-refractivity contribution in [3.8, 4) is 5.75 Å². The summed E-state index contributed by atoms with van der Waals surface area (Å²) in [6.45, 7) is 0.599. The number of nitrogens with one attached hydrogen (secondary N) is 2. The van der Waals surface area contributed by atoms with E-state index in [1.807, 2.05) is 12.1 Å². The van der Waals surface area contributed by atoms with E-state index in [4.69, 9.17) is 4.74 Å². The number of carbonyl (C=O) groups excluding carboxylic acids is 1. The van der Waals surface area contributed by atoms with Gasteiger partial charge in [0.05, 0.1) is 4.92 Å². The van der Waals surface area contributed by atoms with Gasteiger partial charge in [0.25, 0.3) is 11.6 Å². The van der Waals surface area contributed by atoms with Crippen LogP contribution in [0.25, 0.3) is 0 Å². The number of hydrogen-bond acceptors (Lipinski definition) is 5. The SMILES string of the molecule is O=C(COc1cccc(Br)c1)NCCNc1ccccc1[N+](=O)[O-]. The fraction of sp³-hybridized carbons (Fsp3) is 0.188. The van der Waals surface area contributed by atoms with Gasteiger partial charge in [-0.2, -0.15) is 0 Å². The predicted molar refractivity (Wildman–Crippen MR) is 94.2 cm³/mol. The van der Waals surface area contributed by atoms with Crippen molar-refractivity contribution in [2.24, 2.45) is 0 Å². The summed E-state index contributed by atoms with van der Waals surface area (Å²) in [5.41, 5.74) is 0.420. The second-order valence-corrected chi connectivity index (χ2v) is 5.71. The smallest absolute Gasteiger partial charge is 0.292 e. The number of nitrogens with zero attached hydrogens (tertiary/aromatic N) is 1. The van der Waals surface area contributed by atoms with Crippen LogP contribution < -0.4 is 15.4 Å². The van der Waals surface area contributed by atoms with Crippen molar-refractivity contribution >= 4 is 33.2 Å². The van der Waals surface area contributed by atoms with Gasteiger partial charge in [-0.25, -0.2) is 0 Å². The molecule has 2 rings (SSSR count).